The van der Waals surface area contributed by atoms with E-state index >= 15 is 0 Å². The number of benzene rings is 2. The highest BCUT2D eigenvalue weighted by Crippen LogP contribution is 2.20. The van der Waals surface area contributed by atoms with Crippen LogP contribution < -0.4 is 5.32 Å². The van der Waals surface area contributed by atoms with Crippen LogP contribution in [0.2, 0.25) is 5.02 Å². The molecule has 0 saturated carbocycles. The fourth-order valence-corrected chi connectivity index (χ4v) is 1.70. The molecule has 0 heterocycles. The van der Waals surface area contributed by atoms with E-state index in [1.165, 1.54) is 0 Å². The summed E-state index contributed by atoms with van der Waals surface area (Å²) in [4.78, 5) is 0. The van der Waals surface area contributed by atoms with Gasteiger partial charge >= 0.3 is 0 Å². The third-order valence-electron chi connectivity index (χ3n) is 2.60. The third-order valence-corrected chi connectivity index (χ3v) is 3.01. The molecule has 0 unspecified atom stereocenters. The monoisotopic (exact) mass is 247 g/mol. The summed E-state index contributed by atoms with van der Waals surface area (Å²) >= 11 is 6.04. The summed E-state index contributed by atoms with van der Waals surface area (Å²) in [6, 6.07) is 13.0. The highest BCUT2D eigenvalue weighted by atomic mass is 35.5. The van der Waals surface area contributed by atoms with Crippen LogP contribution in [0, 0.1) is 6.92 Å². The maximum atomic E-state index is 9.17. The lowest BCUT2D eigenvalue weighted by molar-refractivity contribution is 0.475. The Bertz CT molecular complexity index is 508. The van der Waals surface area contributed by atoms with Crippen molar-refractivity contribution in [3.05, 3.63) is 58.6 Å². The number of aryl methyl sites for hydroxylation is 1. The SMILES string of the molecule is Cc1ccc(NCc2ccc(O)cc2)cc1Cl. The number of anilines is 1. The summed E-state index contributed by atoms with van der Waals surface area (Å²) in [6.07, 6.45) is 0. The number of hydrogen-bond acceptors (Lipinski definition) is 2. The van der Waals surface area contributed by atoms with E-state index in [0.717, 1.165) is 21.8 Å². The topological polar surface area (TPSA) is 32.3 Å². The largest absolute Gasteiger partial charge is 0.508 e. The van der Waals surface area contributed by atoms with E-state index < -0.39 is 0 Å². The number of phenolic OH excluding ortho intramolecular Hbond substituents is 1. The molecule has 0 radical (unpaired) electrons. The Morgan fingerprint density at radius 2 is 1.82 bits per heavy atom. The molecule has 0 aliphatic rings. The molecule has 0 spiro atoms. The maximum Gasteiger partial charge on any atom is 0.115 e. The van der Waals surface area contributed by atoms with Crippen molar-refractivity contribution in [2.24, 2.45) is 0 Å². The summed E-state index contributed by atoms with van der Waals surface area (Å²) in [6.45, 7) is 2.69. The zero-order valence-electron chi connectivity index (χ0n) is 9.57. The minimum atomic E-state index is 0.284. The summed E-state index contributed by atoms with van der Waals surface area (Å²) in [5.41, 5.74) is 3.18. The molecule has 88 valence electrons. The van der Waals surface area contributed by atoms with Crippen LogP contribution in [0.25, 0.3) is 0 Å². The predicted octanol–water partition coefficient (Wildman–Crippen LogP) is 3.97. The molecule has 2 rings (SSSR count). The molecule has 0 bridgehead atoms. The molecule has 2 aromatic carbocycles. The Morgan fingerprint density at radius 1 is 1.12 bits per heavy atom. The molecule has 0 amide bonds. The first-order valence-electron chi connectivity index (χ1n) is 5.43. The highest BCUT2D eigenvalue weighted by molar-refractivity contribution is 6.31. The van der Waals surface area contributed by atoms with Crippen LogP contribution in [-0.4, -0.2) is 5.11 Å². The molecule has 0 aliphatic heterocycles. The van der Waals surface area contributed by atoms with Crippen molar-refractivity contribution in [3.8, 4) is 5.75 Å². The Morgan fingerprint density at radius 3 is 2.47 bits per heavy atom. The van der Waals surface area contributed by atoms with Gasteiger partial charge in [-0.1, -0.05) is 29.8 Å². The van der Waals surface area contributed by atoms with E-state index in [0.29, 0.717) is 6.54 Å². The highest BCUT2D eigenvalue weighted by Gasteiger charge is 1.98. The van der Waals surface area contributed by atoms with E-state index in [1.54, 1.807) is 12.1 Å². The predicted molar refractivity (Wildman–Crippen MR) is 71.6 cm³/mol. The van der Waals surface area contributed by atoms with Crippen molar-refractivity contribution in [2.75, 3.05) is 5.32 Å². The van der Waals surface area contributed by atoms with Gasteiger partial charge in [0.15, 0.2) is 0 Å². The second kappa shape index (κ2) is 5.11. The summed E-state index contributed by atoms with van der Waals surface area (Å²) < 4.78 is 0. The van der Waals surface area contributed by atoms with Crippen LogP contribution in [-0.2, 0) is 6.54 Å². The zero-order valence-corrected chi connectivity index (χ0v) is 10.3. The summed E-state index contributed by atoms with van der Waals surface area (Å²) in [5, 5.41) is 13.2. The van der Waals surface area contributed by atoms with Crippen molar-refractivity contribution < 1.29 is 5.11 Å². The summed E-state index contributed by atoms with van der Waals surface area (Å²) in [7, 11) is 0. The van der Waals surface area contributed by atoms with Crippen LogP contribution in [0.4, 0.5) is 5.69 Å². The first-order chi connectivity index (χ1) is 8.15. The minimum absolute atomic E-state index is 0.284. The molecule has 0 fully saturated rings. The van der Waals surface area contributed by atoms with Gasteiger partial charge in [0, 0.05) is 17.3 Å². The van der Waals surface area contributed by atoms with Crippen molar-refractivity contribution >= 4 is 17.3 Å². The molecule has 0 aromatic heterocycles. The number of rotatable bonds is 3. The first-order valence-corrected chi connectivity index (χ1v) is 5.81. The van der Waals surface area contributed by atoms with Crippen molar-refractivity contribution in [3.63, 3.8) is 0 Å². The van der Waals surface area contributed by atoms with Gasteiger partial charge in [0.2, 0.25) is 0 Å². The van der Waals surface area contributed by atoms with Gasteiger partial charge in [-0.25, -0.2) is 0 Å². The Kier molecular flexibility index (Phi) is 3.55. The third kappa shape index (κ3) is 3.14. The fourth-order valence-electron chi connectivity index (χ4n) is 1.52. The standard InChI is InChI=1S/C14H14ClNO/c1-10-2-5-12(8-14(10)15)16-9-11-3-6-13(17)7-4-11/h2-8,16-17H,9H2,1H3. The van der Waals surface area contributed by atoms with E-state index in [9.17, 15) is 5.11 Å². The van der Waals surface area contributed by atoms with Crippen molar-refractivity contribution in [1.82, 2.24) is 0 Å². The molecule has 2 nitrogen and oxygen atoms in total. The van der Waals surface area contributed by atoms with Crippen LogP contribution in [0.5, 0.6) is 5.75 Å². The quantitative estimate of drug-likeness (QED) is 0.860. The minimum Gasteiger partial charge on any atom is -0.508 e. The maximum absolute atomic E-state index is 9.17. The molecular weight excluding hydrogens is 234 g/mol. The van der Waals surface area contributed by atoms with Crippen molar-refractivity contribution in [2.45, 2.75) is 13.5 Å². The van der Waals surface area contributed by atoms with Gasteiger partial charge < -0.3 is 10.4 Å². The van der Waals surface area contributed by atoms with E-state index in [2.05, 4.69) is 5.32 Å². The smallest absolute Gasteiger partial charge is 0.115 e. The number of hydrogen-bond donors (Lipinski definition) is 2. The van der Waals surface area contributed by atoms with Crippen LogP contribution >= 0.6 is 11.6 Å². The summed E-state index contributed by atoms with van der Waals surface area (Å²) in [5.74, 6) is 0.284. The molecule has 2 aromatic rings. The molecule has 0 aliphatic carbocycles. The van der Waals surface area contributed by atoms with Crippen LogP contribution in [0.3, 0.4) is 0 Å². The normalized spacial score (nSPS) is 10.2. The average Bonchev–Trinajstić information content (AvgIpc) is 2.33. The number of aromatic hydroxyl groups is 1. The average molecular weight is 248 g/mol. The lowest BCUT2D eigenvalue weighted by Crippen LogP contribution is -1.99. The van der Waals surface area contributed by atoms with Gasteiger partial charge in [-0.3, -0.25) is 0 Å². The second-order valence-electron chi connectivity index (χ2n) is 3.98. The molecule has 17 heavy (non-hydrogen) atoms. The lowest BCUT2D eigenvalue weighted by Gasteiger charge is -2.08. The molecule has 3 heteroatoms. The Labute approximate surface area is 106 Å². The van der Waals surface area contributed by atoms with Crippen LogP contribution in [0.15, 0.2) is 42.5 Å². The van der Waals surface area contributed by atoms with E-state index in [4.69, 9.17) is 11.6 Å². The lowest BCUT2D eigenvalue weighted by atomic mass is 10.2. The number of nitrogens with one attached hydrogen (secondary N) is 1. The molecule has 0 atom stereocenters. The Balaban J connectivity index is 2.02. The second-order valence-corrected chi connectivity index (χ2v) is 4.39. The van der Waals surface area contributed by atoms with Crippen LogP contribution in [0.1, 0.15) is 11.1 Å². The first kappa shape index (κ1) is 11.8. The Hall–Kier alpha value is -1.67. The number of phenols is 1. The van der Waals surface area contributed by atoms with Gasteiger partial charge in [-0.05, 0) is 42.3 Å². The number of halogens is 1. The van der Waals surface area contributed by atoms with Gasteiger partial charge in [0.05, 0.1) is 0 Å². The zero-order chi connectivity index (χ0) is 12.3. The van der Waals surface area contributed by atoms with E-state index in [-0.39, 0.29) is 5.75 Å². The van der Waals surface area contributed by atoms with E-state index in [1.807, 2.05) is 37.3 Å². The van der Waals surface area contributed by atoms with Gasteiger partial charge in [-0.2, -0.15) is 0 Å². The fraction of sp³-hybridized carbons (Fsp3) is 0.143. The molecule has 2 N–H and O–H groups in total. The van der Waals surface area contributed by atoms with Crippen molar-refractivity contribution in [1.29, 1.82) is 0 Å². The van der Waals surface area contributed by atoms with Gasteiger partial charge in [-0.15, -0.1) is 0 Å². The van der Waals surface area contributed by atoms with Gasteiger partial charge in [0.25, 0.3) is 0 Å². The van der Waals surface area contributed by atoms with Gasteiger partial charge in [0.1, 0.15) is 5.75 Å². The molecular formula is C14H14ClNO. The molecule has 0 saturated heterocycles.